The van der Waals surface area contributed by atoms with Crippen LogP contribution >= 0.6 is 0 Å². The number of benzene rings is 1. The summed E-state index contributed by atoms with van der Waals surface area (Å²) in [6.45, 7) is 0.173. The smallest absolute Gasteiger partial charge is 0.298 e. The van der Waals surface area contributed by atoms with Gasteiger partial charge in [0.05, 0.1) is 11.0 Å². The van der Waals surface area contributed by atoms with Gasteiger partial charge in [-0.2, -0.15) is 0 Å². The second-order valence-electron chi connectivity index (χ2n) is 3.75. The molecule has 0 saturated heterocycles. The number of rotatable bonds is 4. The maximum absolute atomic E-state index is 13.6. The molecule has 0 fully saturated rings. The average molecular weight is 265 g/mol. The Morgan fingerprint density at radius 2 is 1.95 bits per heavy atom. The van der Waals surface area contributed by atoms with Gasteiger partial charge in [-0.15, -0.1) is 0 Å². The van der Waals surface area contributed by atoms with Gasteiger partial charge in [0.25, 0.3) is 5.69 Å². The number of aromatic nitrogens is 1. The Balaban J connectivity index is 2.27. The van der Waals surface area contributed by atoms with Gasteiger partial charge in [-0.05, 0) is 17.7 Å². The van der Waals surface area contributed by atoms with E-state index in [-0.39, 0.29) is 12.2 Å². The number of nitro groups is 1. The van der Waals surface area contributed by atoms with Crippen molar-refractivity contribution >= 4 is 11.4 Å². The molecule has 1 aromatic carbocycles. The molecule has 0 amide bonds. The maximum Gasteiger partial charge on any atom is 0.298 e. The summed E-state index contributed by atoms with van der Waals surface area (Å²) in [6.07, 6.45) is 3.10. The highest BCUT2D eigenvalue weighted by Crippen LogP contribution is 2.28. The molecule has 0 aliphatic heterocycles. The number of nitro benzene ring substituents is 1. The molecule has 2 aromatic rings. The van der Waals surface area contributed by atoms with Crippen molar-refractivity contribution in [3.8, 4) is 0 Å². The summed E-state index contributed by atoms with van der Waals surface area (Å²) < 4.78 is 26.5. The molecule has 0 atom stereocenters. The second kappa shape index (κ2) is 5.38. The molecule has 98 valence electrons. The third-order valence-electron chi connectivity index (χ3n) is 2.45. The van der Waals surface area contributed by atoms with Gasteiger partial charge < -0.3 is 5.32 Å². The summed E-state index contributed by atoms with van der Waals surface area (Å²) in [4.78, 5) is 13.7. The zero-order chi connectivity index (χ0) is 13.8. The fourth-order valence-corrected chi connectivity index (χ4v) is 1.57. The van der Waals surface area contributed by atoms with E-state index >= 15 is 0 Å². The Kier molecular flexibility index (Phi) is 3.65. The molecule has 2 rings (SSSR count). The van der Waals surface area contributed by atoms with Crippen LogP contribution in [0.3, 0.4) is 0 Å². The van der Waals surface area contributed by atoms with Crippen molar-refractivity contribution in [2.24, 2.45) is 0 Å². The monoisotopic (exact) mass is 265 g/mol. The molecule has 1 aromatic heterocycles. The second-order valence-corrected chi connectivity index (χ2v) is 3.75. The number of nitrogens with zero attached hydrogens (tertiary/aromatic N) is 2. The molecule has 0 aliphatic rings. The Morgan fingerprint density at radius 1 is 1.26 bits per heavy atom. The lowest BCUT2D eigenvalue weighted by atomic mass is 10.2. The van der Waals surface area contributed by atoms with Gasteiger partial charge in [-0.25, -0.2) is 8.78 Å². The van der Waals surface area contributed by atoms with Gasteiger partial charge in [0.15, 0.2) is 5.82 Å². The van der Waals surface area contributed by atoms with Crippen LogP contribution in [0.1, 0.15) is 5.56 Å². The van der Waals surface area contributed by atoms with E-state index in [1.165, 1.54) is 0 Å². The summed E-state index contributed by atoms with van der Waals surface area (Å²) >= 11 is 0. The maximum atomic E-state index is 13.6. The van der Waals surface area contributed by atoms with E-state index in [9.17, 15) is 18.9 Å². The number of hydrogen-bond acceptors (Lipinski definition) is 4. The van der Waals surface area contributed by atoms with Crippen LogP contribution < -0.4 is 5.32 Å². The Hall–Kier alpha value is -2.57. The number of hydrogen-bond donors (Lipinski definition) is 1. The standard InChI is InChI=1S/C12H9F2N3O2/c13-9-5-10(14)12(11(6-9)17(18)19)16-7-8-1-3-15-4-2-8/h1-6,16H,7H2. The van der Waals surface area contributed by atoms with Gasteiger partial charge in [0, 0.05) is 25.0 Å². The summed E-state index contributed by atoms with van der Waals surface area (Å²) in [7, 11) is 0. The van der Waals surface area contributed by atoms with Crippen molar-refractivity contribution in [3.63, 3.8) is 0 Å². The first kappa shape index (κ1) is 12.9. The van der Waals surface area contributed by atoms with Crippen LogP contribution in [-0.4, -0.2) is 9.91 Å². The normalized spacial score (nSPS) is 10.2. The minimum absolute atomic E-state index is 0.173. The molecule has 0 spiro atoms. The van der Waals surface area contributed by atoms with Crippen molar-refractivity contribution in [2.75, 3.05) is 5.32 Å². The third-order valence-corrected chi connectivity index (χ3v) is 2.45. The predicted molar refractivity (Wildman–Crippen MR) is 64.6 cm³/mol. The van der Waals surface area contributed by atoms with E-state index in [1.807, 2.05) is 0 Å². The van der Waals surface area contributed by atoms with Crippen LogP contribution in [0.15, 0.2) is 36.7 Å². The first-order valence-corrected chi connectivity index (χ1v) is 5.34. The predicted octanol–water partition coefficient (Wildman–Crippen LogP) is 2.88. The summed E-state index contributed by atoms with van der Waals surface area (Å²) in [5, 5.41) is 13.4. The SMILES string of the molecule is O=[N+]([O-])c1cc(F)cc(F)c1NCc1ccncc1. The molecule has 5 nitrogen and oxygen atoms in total. The number of halogens is 2. The van der Waals surface area contributed by atoms with Crippen molar-refractivity contribution in [3.05, 3.63) is 64.0 Å². The highest BCUT2D eigenvalue weighted by Gasteiger charge is 2.20. The molecule has 1 heterocycles. The minimum atomic E-state index is -0.999. The first-order valence-electron chi connectivity index (χ1n) is 5.34. The van der Waals surface area contributed by atoms with E-state index in [2.05, 4.69) is 10.3 Å². The van der Waals surface area contributed by atoms with E-state index in [0.29, 0.717) is 12.1 Å². The topological polar surface area (TPSA) is 68.1 Å². The quantitative estimate of drug-likeness (QED) is 0.681. The molecule has 0 bridgehead atoms. The van der Waals surface area contributed by atoms with Crippen molar-refractivity contribution in [1.82, 2.24) is 4.98 Å². The van der Waals surface area contributed by atoms with Gasteiger partial charge in [0.1, 0.15) is 11.5 Å². The number of anilines is 1. The van der Waals surface area contributed by atoms with Crippen LogP contribution in [-0.2, 0) is 6.54 Å². The lowest BCUT2D eigenvalue weighted by Crippen LogP contribution is -2.05. The Morgan fingerprint density at radius 3 is 2.58 bits per heavy atom. The number of pyridine rings is 1. The molecule has 7 heteroatoms. The Bertz CT molecular complexity index is 605. The first-order chi connectivity index (χ1) is 9.08. The summed E-state index contributed by atoms with van der Waals surface area (Å²) in [5.74, 6) is -1.99. The zero-order valence-electron chi connectivity index (χ0n) is 9.64. The van der Waals surface area contributed by atoms with Crippen molar-refractivity contribution in [1.29, 1.82) is 0 Å². The molecule has 19 heavy (non-hydrogen) atoms. The molecule has 0 radical (unpaired) electrons. The summed E-state index contributed by atoms with van der Waals surface area (Å²) in [5.41, 5.74) is -0.192. The van der Waals surface area contributed by atoms with Gasteiger partial charge in [-0.3, -0.25) is 15.1 Å². The van der Waals surface area contributed by atoms with Crippen LogP contribution in [0.25, 0.3) is 0 Å². The molecular formula is C12H9F2N3O2. The van der Waals surface area contributed by atoms with E-state index < -0.39 is 22.2 Å². The van der Waals surface area contributed by atoms with Crippen molar-refractivity contribution < 1.29 is 13.7 Å². The van der Waals surface area contributed by atoms with E-state index in [0.717, 1.165) is 5.56 Å². The highest BCUT2D eigenvalue weighted by molar-refractivity contribution is 5.62. The van der Waals surface area contributed by atoms with Crippen LogP contribution in [0.4, 0.5) is 20.2 Å². The van der Waals surface area contributed by atoms with Gasteiger partial charge in [0.2, 0.25) is 0 Å². The lowest BCUT2D eigenvalue weighted by molar-refractivity contribution is -0.384. The van der Waals surface area contributed by atoms with E-state index in [1.54, 1.807) is 24.5 Å². The van der Waals surface area contributed by atoms with Crippen LogP contribution in [0, 0.1) is 21.7 Å². The molecule has 0 saturated carbocycles. The fraction of sp³-hybridized carbons (Fsp3) is 0.0833. The number of nitrogens with one attached hydrogen (secondary N) is 1. The van der Waals surface area contributed by atoms with Crippen molar-refractivity contribution in [2.45, 2.75) is 6.54 Å². The molecule has 0 aliphatic carbocycles. The van der Waals surface area contributed by atoms with Crippen LogP contribution in [0.2, 0.25) is 0 Å². The van der Waals surface area contributed by atoms with Gasteiger partial charge >= 0.3 is 0 Å². The molecule has 1 N–H and O–H groups in total. The van der Waals surface area contributed by atoms with E-state index in [4.69, 9.17) is 0 Å². The largest absolute Gasteiger partial charge is 0.373 e. The summed E-state index contributed by atoms with van der Waals surface area (Å²) in [6, 6.07) is 4.64. The highest BCUT2D eigenvalue weighted by atomic mass is 19.1. The molecule has 0 unspecified atom stereocenters. The van der Waals surface area contributed by atoms with Crippen LogP contribution in [0.5, 0.6) is 0 Å². The average Bonchev–Trinajstić information content (AvgIpc) is 2.38. The molecular weight excluding hydrogens is 256 g/mol. The third kappa shape index (κ3) is 3.01. The van der Waals surface area contributed by atoms with Gasteiger partial charge in [-0.1, -0.05) is 0 Å². The minimum Gasteiger partial charge on any atom is -0.373 e. The lowest BCUT2D eigenvalue weighted by Gasteiger charge is -2.08. The Labute approximate surface area is 107 Å². The zero-order valence-corrected chi connectivity index (χ0v) is 9.64. The fourth-order valence-electron chi connectivity index (χ4n) is 1.57.